The highest BCUT2D eigenvalue weighted by Gasteiger charge is 2.43. The van der Waals surface area contributed by atoms with Crippen LogP contribution in [0, 0.1) is 31.4 Å². The highest BCUT2D eigenvalue weighted by Crippen LogP contribution is 2.46. The Bertz CT molecular complexity index is 1290. The molecule has 3 aromatic carbocycles. The molecule has 2 saturated heterocycles. The average Bonchev–Trinajstić information content (AvgIpc) is 2.95. The number of piperidine rings is 1. The maximum absolute atomic E-state index is 15.4. The van der Waals surface area contributed by atoms with E-state index in [0.29, 0.717) is 24.2 Å². The standard InChI is InChI=1S/C33H38F2N2O2/c1-23-8-5-12-27(24(23)2)32-29(28-11-3-4-13-31(28)35)21-37(15-7-14-36-16-18-39-19-17-36)22-30(32)33(38)25-9-6-10-26(34)20-25/h3-6,8-13,20,29-30,32H,7,14-19,21-22H2,1-2H3/t29-,30+,32+/m1/s1. The van der Waals surface area contributed by atoms with Gasteiger partial charge >= 0.3 is 0 Å². The van der Waals surface area contributed by atoms with Crippen molar-refractivity contribution in [1.82, 2.24) is 9.80 Å². The average molecular weight is 533 g/mol. The number of ether oxygens (including phenoxy) is 1. The van der Waals surface area contributed by atoms with Crippen molar-refractivity contribution in [2.24, 2.45) is 5.92 Å². The van der Waals surface area contributed by atoms with Crippen molar-refractivity contribution < 1.29 is 18.3 Å². The van der Waals surface area contributed by atoms with Gasteiger partial charge in [0.1, 0.15) is 11.6 Å². The van der Waals surface area contributed by atoms with Crippen molar-refractivity contribution >= 4 is 5.78 Å². The first-order valence-corrected chi connectivity index (χ1v) is 14.0. The monoisotopic (exact) mass is 532 g/mol. The topological polar surface area (TPSA) is 32.8 Å². The van der Waals surface area contributed by atoms with E-state index in [-0.39, 0.29) is 23.4 Å². The van der Waals surface area contributed by atoms with Crippen molar-refractivity contribution in [1.29, 1.82) is 0 Å². The molecule has 0 unspecified atom stereocenters. The molecule has 0 spiro atoms. The summed E-state index contributed by atoms with van der Waals surface area (Å²) in [5, 5.41) is 0. The van der Waals surface area contributed by atoms with E-state index in [0.717, 1.165) is 62.5 Å². The zero-order valence-corrected chi connectivity index (χ0v) is 22.9. The second kappa shape index (κ2) is 12.5. The number of ketones is 1. The van der Waals surface area contributed by atoms with Gasteiger partial charge in [-0.2, -0.15) is 0 Å². The Morgan fingerprint density at radius 2 is 1.59 bits per heavy atom. The molecular weight excluding hydrogens is 494 g/mol. The van der Waals surface area contributed by atoms with Crippen LogP contribution in [0.15, 0.2) is 66.7 Å². The lowest BCUT2D eigenvalue weighted by Crippen LogP contribution is -2.48. The van der Waals surface area contributed by atoms with Crippen molar-refractivity contribution in [3.05, 3.63) is 106 Å². The van der Waals surface area contributed by atoms with Gasteiger partial charge in [0.2, 0.25) is 0 Å². The van der Waals surface area contributed by atoms with Crippen molar-refractivity contribution in [3.8, 4) is 0 Å². The van der Waals surface area contributed by atoms with Gasteiger partial charge in [-0.1, -0.05) is 48.5 Å². The summed E-state index contributed by atoms with van der Waals surface area (Å²) >= 11 is 0. The molecule has 0 radical (unpaired) electrons. The smallest absolute Gasteiger partial charge is 0.167 e. The third kappa shape index (κ3) is 6.29. The first-order valence-electron chi connectivity index (χ1n) is 14.0. The Morgan fingerprint density at radius 3 is 2.36 bits per heavy atom. The molecule has 0 aliphatic carbocycles. The van der Waals surface area contributed by atoms with Crippen molar-refractivity contribution in [2.45, 2.75) is 32.1 Å². The van der Waals surface area contributed by atoms with Gasteiger partial charge in [0.15, 0.2) is 5.78 Å². The molecule has 5 rings (SSSR count). The molecule has 3 aromatic rings. The third-order valence-corrected chi connectivity index (χ3v) is 8.59. The second-order valence-electron chi connectivity index (χ2n) is 11.0. The van der Waals surface area contributed by atoms with Crippen LogP contribution in [-0.2, 0) is 4.74 Å². The van der Waals surface area contributed by atoms with Gasteiger partial charge in [-0.05, 0) is 73.8 Å². The van der Waals surface area contributed by atoms with Crippen LogP contribution >= 0.6 is 0 Å². The molecule has 0 bridgehead atoms. The van der Waals surface area contributed by atoms with Crippen molar-refractivity contribution in [2.75, 3.05) is 52.5 Å². The van der Waals surface area contributed by atoms with E-state index in [2.05, 4.69) is 35.8 Å². The van der Waals surface area contributed by atoms with Crippen LogP contribution < -0.4 is 0 Å². The van der Waals surface area contributed by atoms with Crippen LogP contribution in [0.5, 0.6) is 0 Å². The minimum absolute atomic E-state index is 0.0837. The van der Waals surface area contributed by atoms with E-state index >= 15 is 4.39 Å². The van der Waals surface area contributed by atoms with E-state index in [1.807, 2.05) is 18.2 Å². The number of hydrogen-bond donors (Lipinski definition) is 0. The highest BCUT2D eigenvalue weighted by atomic mass is 19.1. The molecule has 2 aliphatic rings. The van der Waals surface area contributed by atoms with Gasteiger partial charge < -0.3 is 9.64 Å². The van der Waals surface area contributed by atoms with E-state index in [4.69, 9.17) is 4.74 Å². The molecule has 0 amide bonds. The summed E-state index contributed by atoms with van der Waals surface area (Å²) < 4.78 is 35.1. The van der Waals surface area contributed by atoms with Gasteiger partial charge in [-0.25, -0.2) is 8.78 Å². The van der Waals surface area contributed by atoms with Gasteiger partial charge in [-0.3, -0.25) is 9.69 Å². The van der Waals surface area contributed by atoms with E-state index < -0.39 is 11.7 Å². The van der Waals surface area contributed by atoms with Crippen LogP contribution in [0.1, 0.15) is 50.9 Å². The fourth-order valence-corrected chi connectivity index (χ4v) is 6.40. The van der Waals surface area contributed by atoms with Gasteiger partial charge in [0.25, 0.3) is 0 Å². The van der Waals surface area contributed by atoms with Crippen LogP contribution in [-0.4, -0.2) is 68.1 Å². The summed E-state index contributed by atoms with van der Waals surface area (Å²) in [6.07, 6.45) is 0.957. The summed E-state index contributed by atoms with van der Waals surface area (Å²) in [5.41, 5.74) is 4.35. The first-order chi connectivity index (χ1) is 18.9. The number of aryl methyl sites for hydroxylation is 1. The number of hydrogen-bond acceptors (Lipinski definition) is 4. The number of carbonyl (C=O) groups excluding carboxylic acids is 1. The number of carbonyl (C=O) groups is 1. The quantitative estimate of drug-likeness (QED) is 0.334. The summed E-state index contributed by atoms with van der Waals surface area (Å²) in [7, 11) is 0. The maximum atomic E-state index is 15.4. The molecule has 4 nitrogen and oxygen atoms in total. The molecule has 2 heterocycles. The molecule has 2 aliphatic heterocycles. The largest absolute Gasteiger partial charge is 0.379 e. The molecule has 2 fully saturated rings. The summed E-state index contributed by atoms with van der Waals surface area (Å²) in [5.74, 6) is -1.63. The summed E-state index contributed by atoms with van der Waals surface area (Å²) in [6.45, 7) is 10.6. The minimum Gasteiger partial charge on any atom is -0.379 e. The molecule has 6 heteroatoms. The van der Waals surface area contributed by atoms with Crippen LogP contribution in [0.2, 0.25) is 0 Å². The fraction of sp³-hybridized carbons (Fsp3) is 0.424. The van der Waals surface area contributed by atoms with Gasteiger partial charge in [0.05, 0.1) is 13.2 Å². The molecule has 206 valence electrons. The number of halogens is 2. The molecule has 0 N–H and O–H groups in total. The molecule has 0 saturated carbocycles. The Hall–Kier alpha value is -2.93. The lowest BCUT2D eigenvalue weighted by atomic mass is 9.67. The Kier molecular flexibility index (Phi) is 8.85. The molecule has 3 atom stereocenters. The zero-order chi connectivity index (χ0) is 27.4. The lowest BCUT2D eigenvalue weighted by Gasteiger charge is -2.45. The normalized spacial score (nSPS) is 22.6. The fourth-order valence-electron chi connectivity index (χ4n) is 6.40. The molecule has 39 heavy (non-hydrogen) atoms. The Labute approximate surface area is 230 Å². The Balaban J connectivity index is 1.52. The maximum Gasteiger partial charge on any atom is 0.167 e. The minimum atomic E-state index is -0.436. The number of benzene rings is 3. The number of morpholine rings is 1. The summed E-state index contributed by atoms with van der Waals surface area (Å²) in [4.78, 5) is 18.9. The first kappa shape index (κ1) is 27.6. The zero-order valence-electron chi connectivity index (χ0n) is 22.9. The van der Waals surface area contributed by atoms with Crippen LogP contribution in [0.4, 0.5) is 8.78 Å². The Morgan fingerprint density at radius 1 is 0.872 bits per heavy atom. The SMILES string of the molecule is Cc1cccc([C@@H]2[C@@H](C(=O)c3cccc(F)c3)CN(CCCN3CCOCC3)C[C@@H]2c2ccccc2F)c1C. The third-order valence-electron chi connectivity index (χ3n) is 8.59. The van der Waals surface area contributed by atoms with Crippen LogP contribution in [0.3, 0.4) is 0 Å². The second-order valence-corrected chi connectivity index (χ2v) is 11.0. The number of likely N-dealkylation sites (tertiary alicyclic amines) is 1. The molecular formula is C33H38F2N2O2. The predicted octanol–water partition coefficient (Wildman–Crippen LogP) is 5.99. The predicted molar refractivity (Wildman–Crippen MR) is 150 cm³/mol. The van der Waals surface area contributed by atoms with E-state index in [1.54, 1.807) is 18.2 Å². The van der Waals surface area contributed by atoms with E-state index in [9.17, 15) is 9.18 Å². The van der Waals surface area contributed by atoms with Gasteiger partial charge in [-0.15, -0.1) is 0 Å². The van der Waals surface area contributed by atoms with Crippen LogP contribution in [0.25, 0.3) is 0 Å². The van der Waals surface area contributed by atoms with Crippen molar-refractivity contribution in [3.63, 3.8) is 0 Å². The summed E-state index contributed by atoms with van der Waals surface area (Å²) in [6, 6.07) is 19.1. The number of Topliss-reactive ketones (excluding diaryl/α,β-unsaturated/α-hetero) is 1. The number of rotatable bonds is 8. The van der Waals surface area contributed by atoms with Gasteiger partial charge in [0, 0.05) is 49.5 Å². The highest BCUT2D eigenvalue weighted by molar-refractivity contribution is 5.98. The number of nitrogens with zero attached hydrogens (tertiary/aromatic N) is 2. The molecule has 0 aromatic heterocycles. The lowest BCUT2D eigenvalue weighted by molar-refractivity contribution is 0.0345. The van der Waals surface area contributed by atoms with E-state index in [1.165, 1.54) is 18.2 Å².